The molecular formula is C5H6Ag4O5. The number of esters is 2. The van der Waals surface area contributed by atoms with E-state index < -0.39 is 18.1 Å². The molecule has 0 heterocycles. The van der Waals surface area contributed by atoms with Gasteiger partial charge in [-0.1, -0.05) is 0 Å². The second-order valence-electron chi connectivity index (χ2n) is 1.44. The minimum Gasteiger partial charge on any atom is -0.361 e. The van der Waals surface area contributed by atoms with Crippen LogP contribution in [-0.2, 0) is 109 Å². The van der Waals surface area contributed by atoms with E-state index in [9.17, 15) is 14.4 Å². The van der Waals surface area contributed by atoms with Gasteiger partial charge in [-0.25, -0.2) is 4.79 Å². The molecule has 100 valence electrons. The average molecular weight is 578 g/mol. The fourth-order valence-corrected chi connectivity index (χ4v) is 0.256. The van der Waals surface area contributed by atoms with Crippen LogP contribution in [0, 0.1) is 0 Å². The van der Waals surface area contributed by atoms with Crippen LogP contribution in [0.2, 0.25) is 0 Å². The van der Waals surface area contributed by atoms with E-state index in [-0.39, 0.29) is 89.5 Å². The molecule has 14 heavy (non-hydrogen) atoms. The second-order valence-corrected chi connectivity index (χ2v) is 1.44. The van der Waals surface area contributed by atoms with Gasteiger partial charge < -0.3 is 9.47 Å². The predicted octanol–water partition coefficient (Wildman–Crippen LogP) is 0.223. The summed E-state index contributed by atoms with van der Waals surface area (Å²) in [7, 11) is 0. The van der Waals surface area contributed by atoms with E-state index in [4.69, 9.17) is 0 Å². The van der Waals surface area contributed by atoms with Gasteiger partial charge in [-0.2, -0.15) is 0 Å². The largest absolute Gasteiger partial charge is 0.524 e. The van der Waals surface area contributed by atoms with Crippen molar-refractivity contribution in [3.8, 4) is 0 Å². The van der Waals surface area contributed by atoms with Gasteiger partial charge in [0, 0.05) is 103 Å². The van der Waals surface area contributed by atoms with Crippen molar-refractivity contribution >= 4 is 18.1 Å². The van der Waals surface area contributed by atoms with Crippen molar-refractivity contribution < 1.29 is 113 Å². The zero-order valence-electron chi connectivity index (χ0n) is 6.75. The van der Waals surface area contributed by atoms with E-state index in [1.807, 2.05) is 0 Å². The topological polar surface area (TPSA) is 69.7 Å². The number of rotatable bonds is 0. The summed E-state index contributed by atoms with van der Waals surface area (Å²) in [5, 5.41) is 0. The third-order valence-corrected chi connectivity index (χ3v) is 0.454. The Bertz CT molecular complexity index is 165. The molecule has 0 aliphatic heterocycles. The van der Waals surface area contributed by atoms with Crippen molar-refractivity contribution in [1.29, 1.82) is 0 Å². The van der Waals surface area contributed by atoms with Crippen LogP contribution in [0.5, 0.6) is 0 Å². The second kappa shape index (κ2) is 17.0. The van der Waals surface area contributed by atoms with Crippen molar-refractivity contribution in [3.05, 3.63) is 0 Å². The molecule has 0 unspecified atom stereocenters. The minimum absolute atomic E-state index is 0. The maximum absolute atomic E-state index is 10.2. The third kappa shape index (κ3) is 23.4. The third-order valence-electron chi connectivity index (χ3n) is 0.454. The van der Waals surface area contributed by atoms with Crippen LogP contribution in [0.1, 0.15) is 13.8 Å². The molecule has 0 aromatic rings. The molecule has 0 bridgehead atoms. The Labute approximate surface area is 143 Å². The van der Waals surface area contributed by atoms with Crippen LogP contribution in [0.4, 0.5) is 4.79 Å². The van der Waals surface area contributed by atoms with Gasteiger partial charge in [0.25, 0.3) is 0 Å². The predicted molar refractivity (Wildman–Crippen MR) is 28.9 cm³/mol. The summed E-state index contributed by atoms with van der Waals surface area (Å²) in [4.78, 5) is 30.2. The van der Waals surface area contributed by atoms with Gasteiger partial charge in [-0.05, 0) is 0 Å². The molecule has 0 spiro atoms. The smallest absolute Gasteiger partial charge is 0.361 e. The first kappa shape index (κ1) is 29.6. The molecule has 0 atom stereocenters. The maximum atomic E-state index is 10.2. The van der Waals surface area contributed by atoms with Crippen LogP contribution >= 0.6 is 0 Å². The standard InChI is InChI=1S/C5H6O5.4Ag/c1-3(6)9-5(8)10-4(2)7;;;;/h1-2H3;;;;. The van der Waals surface area contributed by atoms with Gasteiger partial charge in [0.15, 0.2) is 0 Å². The SMILES string of the molecule is CC(=O)OC(=O)OC(C)=O.[Ag].[Ag].[Ag].[Ag]. The normalized spacial score (nSPS) is 5.86. The van der Waals surface area contributed by atoms with E-state index in [1.165, 1.54) is 0 Å². The molecule has 0 amide bonds. The van der Waals surface area contributed by atoms with E-state index in [2.05, 4.69) is 9.47 Å². The van der Waals surface area contributed by atoms with Crippen LogP contribution in [-0.4, -0.2) is 18.1 Å². The molecule has 0 N–H and O–H groups in total. The van der Waals surface area contributed by atoms with Crippen molar-refractivity contribution in [1.82, 2.24) is 0 Å². The molecule has 0 saturated heterocycles. The molecule has 9 heteroatoms. The summed E-state index contributed by atoms with van der Waals surface area (Å²) in [6, 6.07) is 0. The molecule has 0 fully saturated rings. The summed E-state index contributed by atoms with van der Waals surface area (Å²) in [6.07, 6.45) is -1.29. The van der Waals surface area contributed by atoms with Gasteiger partial charge in [0.05, 0.1) is 0 Å². The Morgan fingerprint density at radius 2 is 0.929 bits per heavy atom. The fraction of sp³-hybridized carbons (Fsp3) is 0.400. The van der Waals surface area contributed by atoms with Crippen molar-refractivity contribution in [3.63, 3.8) is 0 Å². The van der Waals surface area contributed by atoms with Gasteiger partial charge >= 0.3 is 18.1 Å². The van der Waals surface area contributed by atoms with Crippen LogP contribution in [0.15, 0.2) is 0 Å². The van der Waals surface area contributed by atoms with Crippen LogP contribution < -0.4 is 0 Å². The summed E-state index contributed by atoms with van der Waals surface area (Å²) in [5.74, 6) is -1.63. The fourth-order valence-electron chi connectivity index (χ4n) is 0.256. The van der Waals surface area contributed by atoms with E-state index in [0.717, 1.165) is 13.8 Å². The molecule has 4 radical (unpaired) electrons. The summed E-state index contributed by atoms with van der Waals surface area (Å²) >= 11 is 0. The number of carbonyl (C=O) groups excluding carboxylic acids is 3. The molecular weight excluding hydrogens is 572 g/mol. The first-order chi connectivity index (χ1) is 4.52. The number of ether oxygens (including phenoxy) is 2. The molecule has 0 aromatic heterocycles. The molecule has 0 saturated carbocycles. The van der Waals surface area contributed by atoms with Gasteiger partial charge in [-0.15, -0.1) is 0 Å². The van der Waals surface area contributed by atoms with Gasteiger partial charge in [0.2, 0.25) is 0 Å². The molecule has 5 nitrogen and oxygen atoms in total. The Morgan fingerprint density at radius 1 is 0.714 bits per heavy atom. The van der Waals surface area contributed by atoms with Crippen molar-refractivity contribution in [2.75, 3.05) is 0 Å². The number of hydrogen-bond acceptors (Lipinski definition) is 5. The average Bonchev–Trinajstić information content (AvgIpc) is 1.58. The van der Waals surface area contributed by atoms with E-state index >= 15 is 0 Å². The molecule has 0 aliphatic carbocycles. The Hall–Kier alpha value is 1.57. The van der Waals surface area contributed by atoms with Crippen LogP contribution in [0.3, 0.4) is 0 Å². The Kier molecular flexibility index (Phi) is 35.9. The summed E-state index contributed by atoms with van der Waals surface area (Å²) in [5.41, 5.74) is 0. The van der Waals surface area contributed by atoms with E-state index in [0.29, 0.717) is 0 Å². The molecule has 0 aromatic carbocycles. The number of carbonyl (C=O) groups is 3. The van der Waals surface area contributed by atoms with Crippen LogP contribution in [0.25, 0.3) is 0 Å². The molecule has 0 rings (SSSR count). The summed E-state index contributed by atoms with van der Waals surface area (Å²) < 4.78 is 7.68. The van der Waals surface area contributed by atoms with Gasteiger partial charge in [0.1, 0.15) is 0 Å². The zero-order chi connectivity index (χ0) is 8.15. The maximum Gasteiger partial charge on any atom is 0.524 e. The van der Waals surface area contributed by atoms with Crippen molar-refractivity contribution in [2.45, 2.75) is 13.8 Å². The van der Waals surface area contributed by atoms with Gasteiger partial charge in [-0.3, -0.25) is 9.59 Å². The zero-order valence-corrected chi connectivity index (χ0v) is 12.7. The van der Waals surface area contributed by atoms with Crippen molar-refractivity contribution in [2.24, 2.45) is 0 Å². The number of hydrogen-bond donors (Lipinski definition) is 0. The minimum atomic E-state index is -1.29. The quantitative estimate of drug-likeness (QED) is 0.234. The Balaban J connectivity index is -0.0000000675. The van der Waals surface area contributed by atoms with E-state index in [1.54, 1.807) is 0 Å². The first-order valence-corrected chi connectivity index (χ1v) is 2.43. The monoisotopic (exact) mass is 574 g/mol. The Morgan fingerprint density at radius 3 is 1.07 bits per heavy atom. The molecule has 0 aliphatic rings. The summed E-state index contributed by atoms with van der Waals surface area (Å²) in [6.45, 7) is 2.06. The first-order valence-electron chi connectivity index (χ1n) is 2.43.